The minimum Gasteiger partial charge on any atom is -0.368 e. The van der Waals surface area contributed by atoms with Gasteiger partial charge in [0, 0.05) is 12.6 Å². The molecular formula is C17H18BrN3O3. The molecule has 0 unspecified atom stereocenters. The van der Waals surface area contributed by atoms with Gasteiger partial charge in [0.2, 0.25) is 11.8 Å². The summed E-state index contributed by atoms with van der Waals surface area (Å²) in [5.74, 6) is -1.00. The van der Waals surface area contributed by atoms with Gasteiger partial charge in [0.05, 0.1) is 6.61 Å². The molecule has 7 heteroatoms. The number of halogens is 1. The van der Waals surface area contributed by atoms with Gasteiger partial charge in [0.25, 0.3) is 0 Å². The van der Waals surface area contributed by atoms with Crippen molar-refractivity contribution >= 4 is 27.7 Å². The van der Waals surface area contributed by atoms with Gasteiger partial charge in [0.1, 0.15) is 17.3 Å². The Labute approximate surface area is 148 Å². The second-order valence-electron chi connectivity index (χ2n) is 5.16. The fraction of sp³-hybridized carbons (Fsp3) is 0.235. The zero-order valence-electron chi connectivity index (χ0n) is 12.9. The molecule has 3 N–H and O–H groups in total. The molecule has 24 heavy (non-hydrogen) atoms. The molecule has 0 bridgehead atoms. The molecule has 2 aromatic rings. The normalized spacial score (nSPS) is 11.7. The van der Waals surface area contributed by atoms with E-state index in [-0.39, 0.29) is 13.0 Å². The molecule has 0 aliphatic heterocycles. The van der Waals surface area contributed by atoms with E-state index >= 15 is 0 Å². The predicted octanol–water partition coefficient (Wildman–Crippen LogP) is 1.57. The van der Waals surface area contributed by atoms with Crippen LogP contribution in [0.15, 0.2) is 53.3 Å². The van der Waals surface area contributed by atoms with Crippen LogP contribution in [0.25, 0.3) is 0 Å². The number of pyridine rings is 1. The third-order valence-electron chi connectivity index (χ3n) is 3.28. The Hall–Kier alpha value is -2.25. The van der Waals surface area contributed by atoms with Crippen molar-refractivity contribution in [2.45, 2.75) is 19.1 Å². The summed E-state index contributed by atoms with van der Waals surface area (Å²) in [6.07, 6.45) is 1.89. The monoisotopic (exact) mass is 391 g/mol. The van der Waals surface area contributed by atoms with Crippen LogP contribution in [0.5, 0.6) is 0 Å². The lowest BCUT2D eigenvalue weighted by atomic mass is 10.1. The van der Waals surface area contributed by atoms with Crippen molar-refractivity contribution in [2.75, 3.05) is 6.61 Å². The third kappa shape index (κ3) is 5.75. The molecule has 0 aliphatic rings. The van der Waals surface area contributed by atoms with Gasteiger partial charge in [-0.1, -0.05) is 36.4 Å². The number of primary amides is 1. The number of ether oxygens (including phenoxy) is 1. The number of nitrogens with zero attached hydrogens (tertiary/aromatic N) is 1. The quantitative estimate of drug-likeness (QED) is 0.667. The van der Waals surface area contributed by atoms with E-state index in [4.69, 9.17) is 10.5 Å². The molecule has 2 amide bonds. The first-order valence-corrected chi connectivity index (χ1v) is 8.15. The highest BCUT2D eigenvalue weighted by Crippen LogP contribution is 2.14. The van der Waals surface area contributed by atoms with Gasteiger partial charge in [-0.2, -0.15) is 0 Å². The molecule has 2 rings (SSSR count). The fourth-order valence-corrected chi connectivity index (χ4v) is 2.50. The summed E-state index contributed by atoms with van der Waals surface area (Å²) in [7, 11) is 0. The van der Waals surface area contributed by atoms with Gasteiger partial charge < -0.3 is 15.8 Å². The number of nitrogens with two attached hydrogens (primary N) is 1. The molecule has 0 radical (unpaired) electrons. The average Bonchev–Trinajstić information content (AvgIpc) is 2.57. The number of aromatic nitrogens is 1. The largest absolute Gasteiger partial charge is 0.368 e. The summed E-state index contributed by atoms with van der Waals surface area (Å²) in [4.78, 5) is 27.6. The van der Waals surface area contributed by atoms with Crippen molar-refractivity contribution in [3.63, 3.8) is 0 Å². The van der Waals surface area contributed by atoms with Crippen LogP contribution < -0.4 is 11.1 Å². The van der Waals surface area contributed by atoms with E-state index in [2.05, 4.69) is 26.2 Å². The summed E-state index contributed by atoms with van der Waals surface area (Å²) >= 11 is 3.31. The van der Waals surface area contributed by atoms with Crippen molar-refractivity contribution in [1.29, 1.82) is 0 Å². The van der Waals surface area contributed by atoms with Gasteiger partial charge in [-0.05, 0) is 33.1 Å². The van der Waals surface area contributed by atoms with E-state index in [9.17, 15) is 9.59 Å². The molecule has 1 aromatic carbocycles. The molecular weight excluding hydrogens is 374 g/mol. The number of carbonyl (C=O) groups is 2. The first-order chi connectivity index (χ1) is 11.6. The molecule has 1 atom stereocenters. The molecule has 126 valence electrons. The van der Waals surface area contributed by atoms with Crippen LogP contribution in [0, 0.1) is 0 Å². The zero-order valence-corrected chi connectivity index (χ0v) is 14.5. The number of amides is 2. The molecule has 0 aliphatic carbocycles. The number of benzene rings is 1. The number of rotatable bonds is 8. The van der Waals surface area contributed by atoms with E-state index in [1.165, 1.54) is 0 Å². The highest BCUT2D eigenvalue weighted by atomic mass is 79.9. The van der Waals surface area contributed by atoms with Crippen molar-refractivity contribution < 1.29 is 14.3 Å². The van der Waals surface area contributed by atoms with Gasteiger partial charge in [-0.25, -0.2) is 4.98 Å². The molecule has 1 aromatic heterocycles. The minimum absolute atomic E-state index is 0.146. The number of carbonyl (C=O) groups excluding carboxylic acids is 2. The van der Waals surface area contributed by atoms with Crippen LogP contribution in [0.3, 0.4) is 0 Å². The van der Waals surface area contributed by atoms with E-state index < -0.39 is 17.9 Å². The summed E-state index contributed by atoms with van der Waals surface area (Å²) in [6, 6.07) is 12.3. The SMILES string of the molecule is NC(=O)[C@@H](Cc1cccnc1Br)NC(=O)COCc1ccccc1. The first-order valence-electron chi connectivity index (χ1n) is 7.36. The van der Waals surface area contributed by atoms with Crippen LogP contribution >= 0.6 is 15.9 Å². The topological polar surface area (TPSA) is 94.3 Å². The van der Waals surface area contributed by atoms with E-state index in [1.807, 2.05) is 36.4 Å². The first kappa shape index (κ1) is 18.1. The number of hydrogen-bond acceptors (Lipinski definition) is 4. The number of nitrogens with one attached hydrogen (secondary N) is 1. The maximum absolute atomic E-state index is 12.0. The van der Waals surface area contributed by atoms with Crippen LogP contribution in [0.1, 0.15) is 11.1 Å². The highest BCUT2D eigenvalue weighted by Gasteiger charge is 2.20. The zero-order chi connectivity index (χ0) is 17.4. The Morgan fingerprint density at radius 3 is 2.62 bits per heavy atom. The minimum atomic E-state index is -0.821. The second kappa shape index (κ2) is 9.14. The highest BCUT2D eigenvalue weighted by molar-refractivity contribution is 9.10. The molecule has 0 fully saturated rings. The lowest BCUT2D eigenvalue weighted by molar-refractivity contribution is -0.130. The van der Waals surface area contributed by atoms with Crippen LogP contribution in [-0.4, -0.2) is 29.4 Å². The third-order valence-corrected chi connectivity index (χ3v) is 4.00. The average molecular weight is 392 g/mol. The van der Waals surface area contributed by atoms with Crippen molar-refractivity contribution in [3.8, 4) is 0 Å². The lowest BCUT2D eigenvalue weighted by Crippen LogP contribution is -2.47. The maximum atomic E-state index is 12.0. The maximum Gasteiger partial charge on any atom is 0.246 e. The Kier molecular flexibility index (Phi) is 6.89. The smallest absolute Gasteiger partial charge is 0.246 e. The summed E-state index contributed by atoms with van der Waals surface area (Å²) < 4.78 is 5.97. The molecule has 1 heterocycles. The van der Waals surface area contributed by atoms with E-state index in [1.54, 1.807) is 12.3 Å². The van der Waals surface area contributed by atoms with Gasteiger partial charge >= 0.3 is 0 Å². The van der Waals surface area contributed by atoms with Crippen molar-refractivity contribution in [1.82, 2.24) is 10.3 Å². The van der Waals surface area contributed by atoms with Crippen molar-refractivity contribution in [3.05, 3.63) is 64.4 Å². The molecule has 0 saturated carbocycles. The molecule has 0 spiro atoms. The van der Waals surface area contributed by atoms with Gasteiger partial charge in [-0.15, -0.1) is 0 Å². The fourth-order valence-electron chi connectivity index (χ4n) is 2.09. The number of hydrogen-bond donors (Lipinski definition) is 2. The lowest BCUT2D eigenvalue weighted by Gasteiger charge is -2.16. The summed E-state index contributed by atoms with van der Waals surface area (Å²) in [5, 5.41) is 2.59. The van der Waals surface area contributed by atoms with E-state index in [0.29, 0.717) is 11.2 Å². The second-order valence-corrected chi connectivity index (χ2v) is 5.91. The Balaban J connectivity index is 1.85. The van der Waals surface area contributed by atoms with Crippen LogP contribution in [0.4, 0.5) is 0 Å². The Morgan fingerprint density at radius 2 is 1.96 bits per heavy atom. The van der Waals surface area contributed by atoms with Crippen LogP contribution in [-0.2, 0) is 27.4 Å². The predicted molar refractivity (Wildman–Crippen MR) is 92.9 cm³/mol. The van der Waals surface area contributed by atoms with Crippen LogP contribution in [0.2, 0.25) is 0 Å². The van der Waals surface area contributed by atoms with E-state index in [0.717, 1.165) is 11.1 Å². The summed E-state index contributed by atoms with van der Waals surface area (Å²) in [6.45, 7) is 0.177. The Bertz CT molecular complexity index is 694. The standard InChI is InChI=1S/C17H18BrN3O3/c18-16-13(7-4-8-20-16)9-14(17(19)23)21-15(22)11-24-10-12-5-2-1-3-6-12/h1-8,14H,9-11H2,(H2,19,23)(H,21,22)/t14-/m1/s1. The van der Waals surface area contributed by atoms with Gasteiger partial charge in [0.15, 0.2) is 0 Å². The molecule has 0 saturated heterocycles. The van der Waals surface area contributed by atoms with Gasteiger partial charge in [-0.3, -0.25) is 9.59 Å². The molecule has 6 nitrogen and oxygen atoms in total. The van der Waals surface area contributed by atoms with Crippen molar-refractivity contribution in [2.24, 2.45) is 5.73 Å². The Morgan fingerprint density at radius 1 is 1.21 bits per heavy atom. The summed E-state index contributed by atoms with van der Waals surface area (Å²) in [5.41, 5.74) is 7.13.